The first-order valence-corrected chi connectivity index (χ1v) is 12.9. The number of sulfonamides is 1. The molecule has 0 bridgehead atoms. The van der Waals surface area contributed by atoms with Crippen molar-refractivity contribution in [3.05, 3.63) is 48.2 Å². The number of rotatable bonds is 9. The summed E-state index contributed by atoms with van der Waals surface area (Å²) < 4.78 is 32.5. The zero-order chi connectivity index (χ0) is 22.1. The van der Waals surface area contributed by atoms with E-state index in [1.165, 1.54) is 18.0 Å². The lowest BCUT2D eigenvalue weighted by molar-refractivity contribution is -0.118. The maximum atomic E-state index is 12.8. The molecular weight excluding hydrogens is 434 g/mol. The van der Waals surface area contributed by atoms with Crippen LogP contribution in [0.4, 0.5) is 0 Å². The smallest absolute Gasteiger partial charge is 0.244 e. The molecule has 0 aliphatic carbocycles. The van der Waals surface area contributed by atoms with E-state index in [1.54, 1.807) is 23.5 Å². The Hall–Kier alpha value is -2.10. The Morgan fingerprint density at radius 2 is 1.87 bits per heavy atom. The first-order valence-electron chi connectivity index (χ1n) is 10.5. The first-order chi connectivity index (χ1) is 15.0. The minimum Gasteiger partial charge on any atom is -0.496 e. The molecule has 3 rings (SSSR count). The molecule has 7 nitrogen and oxygen atoms in total. The zero-order valence-electron chi connectivity index (χ0n) is 17.7. The lowest BCUT2D eigenvalue weighted by Gasteiger charge is -2.19. The maximum absolute atomic E-state index is 12.8. The van der Waals surface area contributed by atoms with Gasteiger partial charge in [0.05, 0.1) is 17.9 Å². The lowest BCUT2D eigenvalue weighted by Crippen LogP contribution is -2.32. The fourth-order valence-corrected chi connectivity index (χ4v) is 5.61. The van der Waals surface area contributed by atoms with E-state index in [9.17, 15) is 13.2 Å². The van der Waals surface area contributed by atoms with E-state index in [2.05, 4.69) is 10.3 Å². The Labute approximate surface area is 188 Å². The summed E-state index contributed by atoms with van der Waals surface area (Å²) in [6.45, 7) is 1.64. The highest BCUT2D eigenvalue weighted by atomic mass is 32.2. The van der Waals surface area contributed by atoms with Crippen LogP contribution in [0.5, 0.6) is 5.75 Å². The van der Waals surface area contributed by atoms with Gasteiger partial charge in [-0.2, -0.15) is 4.31 Å². The van der Waals surface area contributed by atoms with Gasteiger partial charge in [0, 0.05) is 25.8 Å². The van der Waals surface area contributed by atoms with E-state index < -0.39 is 10.0 Å². The Balaban J connectivity index is 1.47. The number of methoxy groups -OCH3 is 1. The molecule has 1 aromatic heterocycles. The van der Waals surface area contributed by atoms with Crippen LogP contribution in [0.15, 0.2) is 52.5 Å². The second-order valence-electron chi connectivity index (χ2n) is 7.35. The lowest BCUT2D eigenvalue weighted by atomic mass is 10.1. The largest absolute Gasteiger partial charge is 0.496 e. The summed E-state index contributed by atoms with van der Waals surface area (Å²) in [5, 5.41) is 3.51. The summed E-state index contributed by atoms with van der Waals surface area (Å²) in [5.74, 6) is 0.936. The van der Waals surface area contributed by atoms with E-state index >= 15 is 0 Å². The van der Waals surface area contributed by atoms with Gasteiger partial charge in [0.1, 0.15) is 10.6 Å². The Bertz CT molecular complexity index is 957. The SMILES string of the molecule is COc1ccccc1CCNC(=O)CSc1ccc(S(=O)(=O)N2CCCCCC2)cn1. The number of para-hydroxylation sites is 1. The van der Waals surface area contributed by atoms with Crippen molar-refractivity contribution in [1.29, 1.82) is 0 Å². The molecule has 9 heteroatoms. The molecule has 2 heterocycles. The number of pyridine rings is 1. The number of hydrogen-bond acceptors (Lipinski definition) is 6. The standard InChI is InChI=1S/C22H29N3O4S2/c1-29-20-9-5-4-8-18(20)12-13-23-21(26)17-30-22-11-10-19(16-24-22)31(27,28)25-14-6-2-3-7-15-25/h4-5,8-11,16H,2-3,6-7,12-15,17H2,1H3,(H,23,26). The Kier molecular flexibility index (Phi) is 8.74. The third-order valence-corrected chi connectivity index (χ3v) is 8.00. The van der Waals surface area contributed by atoms with Gasteiger partial charge in [-0.1, -0.05) is 42.8 Å². The third kappa shape index (κ3) is 6.69. The molecular formula is C22H29N3O4S2. The number of hydrogen-bond donors (Lipinski definition) is 1. The molecule has 0 spiro atoms. The molecule has 2 aromatic rings. The summed E-state index contributed by atoms with van der Waals surface area (Å²) in [6, 6.07) is 11.0. The number of amides is 1. The van der Waals surface area contributed by atoms with Crippen LogP contribution in [-0.4, -0.2) is 56.1 Å². The van der Waals surface area contributed by atoms with Gasteiger partial charge in [-0.05, 0) is 43.0 Å². The van der Waals surface area contributed by atoms with Crippen LogP contribution in [0.1, 0.15) is 31.2 Å². The fraction of sp³-hybridized carbons (Fsp3) is 0.455. The highest BCUT2D eigenvalue weighted by molar-refractivity contribution is 7.99. The molecule has 1 aliphatic heterocycles. The number of ether oxygens (including phenoxy) is 1. The second kappa shape index (κ2) is 11.5. The summed E-state index contributed by atoms with van der Waals surface area (Å²) in [4.78, 5) is 16.6. The van der Waals surface area contributed by atoms with Gasteiger partial charge in [-0.25, -0.2) is 13.4 Å². The van der Waals surface area contributed by atoms with Gasteiger partial charge in [-0.15, -0.1) is 0 Å². The maximum Gasteiger partial charge on any atom is 0.244 e. The summed E-state index contributed by atoms with van der Waals surface area (Å²) in [7, 11) is -1.88. The predicted molar refractivity (Wildman–Crippen MR) is 122 cm³/mol. The van der Waals surface area contributed by atoms with Gasteiger partial charge < -0.3 is 10.1 Å². The number of benzene rings is 1. The number of carbonyl (C=O) groups excluding carboxylic acids is 1. The Morgan fingerprint density at radius 3 is 2.55 bits per heavy atom. The molecule has 168 valence electrons. The number of carbonyl (C=O) groups is 1. The van der Waals surface area contributed by atoms with E-state index in [-0.39, 0.29) is 16.6 Å². The fourth-order valence-electron chi connectivity index (χ4n) is 3.47. The summed E-state index contributed by atoms with van der Waals surface area (Å²) in [5.41, 5.74) is 1.04. The molecule has 1 aromatic carbocycles. The van der Waals surface area contributed by atoms with Crippen LogP contribution in [-0.2, 0) is 21.2 Å². The van der Waals surface area contributed by atoms with Crippen LogP contribution < -0.4 is 10.1 Å². The number of nitrogens with one attached hydrogen (secondary N) is 1. The molecule has 1 fully saturated rings. The topological polar surface area (TPSA) is 88.6 Å². The van der Waals surface area contributed by atoms with Crippen LogP contribution in [0.3, 0.4) is 0 Å². The van der Waals surface area contributed by atoms with Crippen molar-refractivity contribution in [2.75, 3.05) is 32.5 Å². The molecule has 0 atom stereocenters. The highest BCUT2D eigenvalue weighted by Crippen LogP contribution is 2.22. The van der Waals surface area contributed by atoms with Crippen LogP contribution >= 0.6 is 11.8 Å². The molecule has 0 radical (unpaired) electrons. The second-order valence-corrected chi connectivity index (χ2v) is 10.3. The normalized spacial score (nSPS) is 15.3. The van der Waals surface area contributed by atoms with E-state index in [4.69, 9.17) is 4.74 Å². The zero-order valence-corrected chi connectivity index (χ0v) is 19.4. The number of nitrogens with zero attached hydrogens (tertiary/aromatic N) is 2. The van der Waals surface area contributed by atoms with Gasteiger partial charge in [0.15, 0.2) is 0 Å². The van der Waals surface area contributed by atoms with Crippen LogP contribution in [0.25, 0.3) is 0 Å². The molecule has 1 amide bonds. The van der Waals surface area contributed by atoms with Crippen molar-refractivity contribution in [2.45, 2.75) is 42.0 Å². The molecule has 0 saturated carbocycles. The van der Waals surface area contributed by atoms with Crippen molar-refractivity contribution in [2.24, 2.45) is 0 Å². The van der Waals surface area contributed by atoms with Crippen molar-refractivity contribution in [3.63, 3.8) is 0 Å². The van der Waals surface area contributed by atoms with Crippen molar-refractivity contribution in [3.8, 4) is 5.75 Å². The van der Waals surface area contributed by atoms with Crippen LogP contribution in [0, 0.1) is 0 Å². The molecule has 1 aliphatic rings. The van der Waals surface area contributed by atoms with E-state index in [0.29, 0.717) is 31.1 Å². The van der Waals surface area contributed by atoms with Gasteiger partial charge >= 0.3 is 0 Å². The quantitative estimate of drug-likeness (QED) is 0.575. The summed E-state index contributed by atoms with van der Waals surface area (Å²) in [6.07, 6.45) is 6.00. The number of aromatic nitrogens is 1. The van der Waals surface area contributed by atoms with Crippen molar-refractivity contribution < 1.29 is 17.9 Å². The van der Waals surface area contributed by atoms with E-state index in [1.807, 2.05) is 24.3 Å². The molecule has 0 unspecified atom stereocenters. The first kappa shape index (κ1) is 23.6. The number of thioether (sulfide) groups is 1. The molecule has 31 heavy (non-hydrogen) atoms. The predicted octanol–water partition coefficient (Wildman–Crippen LogP) is 3.11. The molecule has 1 N–H and O–H groups in total. The Morgan fingerprint density at radius 1 is 1.13 bits per heavy atom. The highest BCUT2D eigenvalue weighted by Gasteiger charge is 2.25. The average molecular weight is 464 g/mol. The van der Waals surface area contributed by atoms with Gasteiger partial charge in [-0.3, -0.25) is 4.79 Å². The minimum atomic E-state index is -3.51. The van der Waals surface area contributed by atoms with Gasteiger partial charge in [0.25, 0.3) is 0 Å². The summed E-state index contributed by atoms with van der Waals surface area (Å²) >= 11 is 1.28. The van der Waals surface area contributed by atoms with Gasteiger partial charge in [0.2, 0.25) is 15.9 Å². The minimum absolute atomic E-state index is 0.0945. The average Bonchev–Trinajstić information content (AvgIpc) is 3.08. The van der Waals surface area contributed by atoms with Crippen LogP contribution in [0.2, 0.25) is 0 Å². The third-order valence-electron chi connectivity index (χ3n) is 5.17. The molecule has 1 saturated heterocycles. The monoisotopic (exact) mass is 463 g/mol. The van der Waals surface area contributed by atoms with Crippen molar-refractivity contribution >= 4 is 27.7 Å². The van der Waals surface area contributed by atoms with E-state index in [0.717, 1.165) is 37.0 Å². The van der Waals surface area contributed by atoms with Crippen molar-refractivity contribution in [1.82, 2.24) is 14.6 Å².